The first-order valence-electron chi connectivity index (χ1n) is 11.0. The van der Waals surface area contributed by atoms with E-state index in [1.54, 1.807) is 10.9 Å². The van der Waals surface area contributed by atoms with Crippen molar-refractivity contribution >= 4 is 35.2 Å². The molecule has 1 fully saturated rings. The van der Waals surface area contributed by atoms with Crippen LogP contribution in [0.25, 0.3) is 11.4 Å². The number of carbonyl (C=O) groups is 1. The van der Waals surface area contributed by atoms with Crippen molar-refractivity contribution in [2.45, 2.75) is 33.0 Å². The molecule has 1 saturated heterocycles. The maximum absolute atomic E-state index is 12.3. The number of aromatic nitrogens is 3. The number of halogens is 2. The Bertz CT molecular complexity index is 1120. The van der Waals surface area contributed by atoms with E-state index in [-0.39, 0.29) is 6.04 Å². The molecule has 174 valence electrons. The van der Waals surface area contributed by atoms with Crippen LogP contribution in [0.5, 0.6) is 5.75 Å². The minimum atomic E-state index is -0.554. The molecule has 0 N–H and O–H groups in total. The number of carbonyl (C=O) groups excluding carboxylic acids is 1. The predicted octanol–water partition coefficient (Wildman–Crippen LogP) is 4.87. The van der Waals surface area contributed by atoms with Gasteiger partial charge in [-0.15, -0.1) is 0 Å². The first kappa shape index (κ1) is 23.5. The van der Waals surface area contributed by atoms with Crippen molar-refractivity contribution in [1.29, 1.82) is 0 Å². The summed E-state index contributed by atoms with van der Waals surface area (Å²) in [5, 5.41) is 5.79. The lowest BCUT2D eigenvalue weighted by atomic mass is 10.1. The first-order valence-corrected chi connectivity index (χ1v) is 11.7. The number of rotatable bonds is 7. The second-order valence-corrected chi connectivity index (χ2v) is 8.82. The van der Waals surface area contributed by atoms with Gasteiger partial charge in [0.05, 0.1) is 28.0 Å². The third-order valence-electron chi connectivity index (χ3n) is 5.96. The smallest absolute Gasteiger partial charge is 0.161 e. The summed E-state index contributed by atoms with van der Waals surface area (Å²) in [5.74, 6) is 0.682. The van der Waals surface area contributed by atoms with E-state index in [0.29, 0.717) is 40.3 Å². The summed E-state index contributed by atoms with van der Waals surface area (Å²) in [4.78, 5) is 21.1. The zero-order chi connectivity index (χ0) is 23.5. The molecule has 7 nitrogen and oxygen atoms in total. The van der Waals surface area contributed by atoms with Gasteiger partial charge in [-0.05, 0) is 45.0 Å². The predicted molar refractivity (Wildman–Crippen MR) is 131 cm³/mol. The van der Waals surface area contributed by atoms with Crippen LogP contribution >= 0.6 is 23.2 Å². The fourth-order valence-electron chi connectivity index (χ4n) is 4.25. The molecule has 0 bridgehead atoms. The van der Waals surface area contributed by atoms with Crippen LogP contribution in [0.15, 0.2) is 42.6 Å². The molecule has 3 heterocycles. The van der Waals surface area contributed by atoms with Crippen molar-refractivity contribution < 1.29 is 9.53 Å². The highest BCUT2D eigenvalue weighted by Crippen LogP contribution is 2.33. The Morgan fingerprint density at radius 3 is 2.73 bits per heavy atom. The fourth-order valence-corrected chi connectivity index (χ4v) is 4.65. The van der Waals surface area contributed by atoms with Gasteiger partial charge in [0.1, 0.15) is 11.4 Å². The van der Waals surface area contributed by atoms with Gasteiger partial charge in [-0.2, -0.15) is 5.10 Å². The molecule has 0 amide bonds. The van der Waals surface area contributed by atoms with Crippen LogP contribution in [-0.2, 0) is 4.79 Å². The largest absolute Gasteiger partial charge is 0.492 e. The van der Waals surface area contributed by atoms with Gasteiger partial charge in [0, 0.05) is 43.6 Å². The minimum Gasteiger partial charge on any atom is -0.492 e. The zero-order valence-electron chi connectivity index (χ0n) is 18.9. The molecule has 1 aliphatic heterocycles. The standard InChI is InChI=1S/C24H27Cl2N5O2/c1-4-33-21-13-18(8-9-19(21)25)29-11-12-30(16(2)14-29)22(15-32)31-17(3)23(26)24(28-31)20-7-5-6-10-27-20/h5-10,13,15-16,22H,4,11-12,14H2,1-3H3. The molecule has 0 spiro atoms. The van der Waals surface area contributed by atoms with E-state index in [0.717, 1.165) is 30.8 Å². The summed E-state index contributed by atoms with van der Waals surface area (Å²) in [7, 11) is 0. The number of benzene rings is 1. The summed E-state index contributed by atoms with van der Waals surface area (Å²) < 4.78 is 7.36. The monoisotopic (exact) mass is 487 g/mol. The quantitative estimate of drug-likeness (QED) is 0.443. The van der Waals surface area contributed by atoms with Crippen molar-refractivity contribution in [2.24, 2.45) is 0 Å². The molecule has 2 unspecified atom stereocenters. The van der Waals surface area contributed by atoms with Crippen molar-refractivity contribution in [2.75, 3.05) is 31.1 Å². The number of hydrogen-bond acceptors (Lipinski definition) is 6. The van der Waals surface area contributed by atoms with E-state index >= 15 is 0 Å². The van der Waals surface area contributed by atoms with E-state index in [1.165, 1.54) is 0 Å². The van der Waals surface area contributed by atoms with Gasteiger partial charge in [-0.1, -0.05) is 29.3 Å². The molecule has 2 atom stereocenters. The van der Waals surface area contributed by atoms with Gasteiger partial charge in [0.15, 0.2) is 12.5 Å². The van der Waals surface area contributed by atoms with Crippen LogP contribution in [0.1, 0.15) is 25.7 Å². The summed E-state index contributed by atoms with van der Waals surface area (Å²) in [6.07, 6.45) is 2.08. The number of pyridine rings is 1. The molecule has 0 saturated carbocycles. The highest BCUT2D eigenvalue weighted by atomic mass is 35.5. The van der Waals surface area contributed by atoms with E-state index in [9.17, 15) is 4.79 Å². The molecule has 2 aromatic heterocycles. The number of piperazine rings is 1. The Morgan fingerprint density at radius 2 is 2.06 bits per heavy atom. The molecule has 3 aromatic rings. The molecule has 1 aliphatic rings. The van der Waals surface area contributed by atoms with Gasteiger partial charge in [0.25, 0.3) is 0 Å². The topological polar surface area (TPSA) is 63.5 Å². The van der Waals surface area contributed by atoms with Gasteiger partial charge < -0.3 is 9.64 Å². The molecule has 0 aliphatic carbocycles. The summed E-state index contributed by atoms with van der Waals surface area (Å²) in [6.45, 7) is 8.67. The maximum Gasteiger partial charge on any atom is 0.161 e. The lowest BCUT2D eigenvalue weighted by molar-refractivity contribution is -0.117. The van der Waals surface area contributed by atoms with Crippen LogP contribution < -0.4 is 9.64 Å². The first-order chi connectivity index (χ1) is 15.9. The van der Waals surface area contributed by atoms with Crippen LogP contribution in [0.3, 0.4) is 0 Å². The summed E-state index contributed by atoms with van der Waals surface area (Å²) >= 11 is 12.8. The maximum atomic E-state index is 12.3. The van der Waals surface area contributed by atoms with E-state index < -0.39 is 6.17 Å². The number of ether oxygens (including phenoxy) is 1. The van der Waals surface area contributed by atoms with Crippen LogP contribution in [0.4, 0.5) is 5.69 Å². The van der Waals surface area contributed by atoms with Crippen LogP contribution in [0.2, 0.25) is 10.0 Å². The minimum absolute atomic E-state index is 0.0980. The van der Waals surface area contributed by atoms with Crippen molar-refractivity contribution in [3.05, 3.63) is 58.3 Å². The Balaban J connectivity index is 1.56. The number of aldehydes is 1. The van der Waals surface area contributed by atoms with Gasteiger partial charge >= 0.3 is 0 Å². The van der Waals surface area contributed by atoms with E-state index in [4.69, 9.17) is 27.9 Å². The summed E-state index contributed by atoms with van der Waals surface area (Å²) in [5.41, 5.74) is 3.05. The number of nitrogens with zero attached hydrogens (tertiary/aromatic N) is 5. The van der Waals surface area contributed by atoms with Gasteiger partial charge in [-0.25, -0.2) is 4.68 Å². The Labute approximate surface area is 203 Å². The van der Waals surface area contributed by atoms with E-state index in [2.05, 4.69) is 26.8 Å². The lowest BCUT2D eigenvalue weighted by Gasteiger charge is -2.43. The number of anilines is 1. The van der Waals surface area contributed by atoms with Gasteiger partial charge in [-0.3, -0.25) is 14.7 Å². The molecule has 0 radical (unpaired) electrons. The SMILES string of the molecule is CCOc1cc(N2CCN(C(C=O)n3nc(-c4ccccn4)c(Cl)c3C)C(C)C2)ccc1Cl. The second kappa shape index (κ2) is 10.1. The average molecular weight is 488 g/mol. The Hall–Kier alpha value is -2.61. The van der Waals surface area contributed by atoms with Gasteiger partial charge in [0.2, 0.25) is 0 Å². The third kappa shape index (κ3) is 4.71. The molecule has 33 heavy (non-hydrogen) atoms. The zero-order valence-corrected chi connectivity index (χ0v) is 20.4. The molecular formula is C24H27Cl2N5O2. The van der Waals surface area contributed by atoms with Crippen molar-refractivity contribution in [3.63, 3.8) is 0 Å². The molecule has 4 rings (SSSR count). The van der Waals surface area contributed by atoms with Crippen LogP contribution in [0, 0.1) is 6.92 Å². The normalized spacial score (nSPS) is 17.7. The number of hydrogen-bond donors (Lipinski definition) is 0. The second-order valence-electron chi connectivity index (χ2n) is 8.04. The Kier molecular flexibility index (Phi) is 7.22. The highest BCUT2D eigenvalue weighted by molar-refractivity contribution is 6.33. The summed E-state index contributed by atoms with van der Waals surface area (Å²) in [6, 6.07) is 11.5. The molecule has 9 heteroatoms. The Morgan fingerprint density at radius 1 is 1.24 bits per heavy atom. The molecule has 1 aromatic carbocycles. The van der Waals surface area contributed by atoms with E-state index in [1.807, 2.05) is 50.2 Å². The fraction of sp³-hybridized carbons (Fsp3) is 0.375. The average Bonchev–Trinajstić information content (AvgIpc) is 3.12. The lowest BCUT2D eigenvalue weighted by Crippen LogP contribution is -2.54. The molecular weight excluding hydrogens is 461 g/mol. The third-order valence-corrected chi connectivity index (χ3v) is 6.72. The highest BCUT2D eigenvalue weighted by Gasteiger charge is 2.33. The van der Waals surface area contributed by atoms with Crippen molar-refractivity contribution in [3.8, 4) is 17.1 Å². The van der Waals surface area contributed by atoms with Crippen LogP contribution in [-0.4, -0.2) is 58.2 Å². The van der Waals surface area contributed by atoms with Crippen molar-refractivity contribution in [1.82, 2.24) is 19.7 Å².